The van der Waals surface area contributed by atoms with Crippen LogP contribution in [0, 0.1) is 11.5 Å². The molecule has 1 aliphatic heterocycles. The molecule has 7 heteroatoms. The summed E-state index contributed by atoms with van der Waals surface area (Å²) < 4.78 is 18.4. The molecule has 6 nitrogen and oxygen atoms in total. The van der Waals surface area contributed by atoms with Crippen LogP contribution in [0.25, 0.3) is 0 Å². The predicted molar refractivity (Wildman–Crippen MR) is 190 cm³/mol. The number of benzene rings is 4. The molecular formula is C39H45N3O3Si. The van der Waals surface area contributed by atoms with Crippen LogP contribution in [0.5, 0.6) is 11.5 Å². The Kier molecular flexibility index (Phi) is 11.7. The average Bonchev–Trinajstić information content (AvgIpc) is 3.07. The molecule has 4 aromatic carbocycles. The number of hydrogen-bond acceptors (Lipinski definition) is 6. The molecule has 0 spiro atoms. The molecule has 2 N–H and O–H groups in total. The minimum atomic E-state index is -1.55. The van der Waals surface area contributed by atoms with Gasteiger partial charge in [0, 0.05) is 49.7 Å². The van der Waals surface area contributed by atoms with Crippen LogP contribution in [0.2, 0.25) is 19.6 Å². The molecule has 46 heavy (non-hydrogen) atoms. The van der Waals surface area contributed by atoms with Gasteiger partial charge in [-0.15, -0.1) is 11.5 Å². The second-order valence-electron chi connectivity index (χ2n) is 12.7. The molecule has 0 bridgehead atoms. The maximum Gasteiger partial charge on any atom is 0.132 e. The van der Waals surface area contributed by atoms with Crippen molar-refractivity contribution in [2.45, 2.75) is 52.2 Å². The summed E-state index contributed by atoms with van der Waals surface area (Å²) in [7, 11) is -1.55. The molecule has 4 aromatic rings. The second-order valence-corrected chi connectivity index (χ2v) is 17.4. The van der Waals surface area contributed by atoms with Crippen LogP contribution in [0.3, 0.4) is 0 Å². The van der Waals surface area contributed by atoms with E-state index in [1.807, 2.05) is 42.5 Å². The number of nitrogens with zero attached hydrogens (tertiary/aromatic N) is 2. The van der Waals surface area contributed by atoms with Crippen molar-refractivity contribution in [2.75, 3.05) is 26.3 Å². The van der Waals surface area contributed by atoms with E-state index in [0.717, 1.165) is 72.1 Å². The lowest BCUT2D eigenvalue weighted by Crippen LogP contribution is -2.35. The Morgan fingerprint density at radius 3 is 1.96 bits per heavy atom. The van der Waals surface area contributed by atoms with Crippen LogP contribution in [0.4, 0.5) is 0 Å². The van der Waals surface area contributed by atoms with Crippen molar-refractivity contribution in [3.05, 3.63) is 130 Å². The van der Waals surface area contributed by atoms with Gasteiger partial charge in [-0.2, -0.15) is 5.10 Å². The SMILES string of the molecule is C[Si](C)(C)C#CCc1cc(/C(Cc2ccc(CN3CCOCC3)cc2)=N/N)c(OCc2ccccc2)cc1OCc1ccccc1. The minimum Gasteiger partial charge on any atom is -0.488 e. The number of ether oxygens (including phenoxy) is 3. The van der Waals surface area contributed by atoms with E-state index in [-0.39, 0.29) is 0 Å². The van der Waals surface area contributed by atoms with E-state index >= 15 is 0 Å². The van der Waals surface area contributed by atoms with Crippen molar-refractivity contribution in [3.8, 4) is 23.0 Å². The molecule has 5 rings (SSSR count). The molecule has 0 saturated carbocycles. The first-order chi connectivity index (χ1) is 22.4. The predicted octanol–water partition coefficient (Wildman–Crippen LogP) is 7.01. The zero-order chi connectivity index (χ0) is 32.2. The van der Waals surface area contributed by atoms with Crippen molar-refractivity contribution in [1.82, 2.24) is 4.90 Å². The van der Waals surface area contributed by atoms with Crippen LogP contribution in [-0.4, -0.2) is 45.0 Å². The highest BCUT2D eigenvalue weighted by atomic mass is 28.3. The zero-order valence-electron chi connectivity index (χ0n) is 27.3. The molecule has 1 saturated heterocycles. The molecule has 1 heterocycles. The fraction of sp³-hybridized carbons (Fsp3) is 0.308. The van der Waals surface area contributed by atoms with Crippen LogP contribution in [-0.2, 0) is 37.3 Å². The highest BCUT2D eigenvalue weighted by molar-refractivity contribution is 6.83. The van der Waals surface area contributed by atoms with Crippen LogP contribution in [0.1, 0.15) is 33.4 Å². The van der Waals surface area contributed by atoms with Gasteiger partial charge >= 0.3 is 0 Å². The third-order valence-electron chi connectivity index (χ3n) is 7.75. The summed E-state index contributed by atoms with van der Waals surface area (Å²) in [6, 6.07) is 33.2. The molecule has 0 radical (unpaired) electrons. The Hall–Kier alpha value is -4.35. The molecule has 0 atom stereocenters. The van der Waals surface area contributed by atoms with E-state index in [4.69, 9.17) is 20.1 Å². The summed E-state index contributed by atoms with van der Waals surface area (Å²) in [5, 5.41) is 4.31. The molecule has 1 aliphatic rings. The fourth-order valence-corrected chi connectivity index (χ4v) is 5.90. The summed E-state index contributed by atoms with van der Waals surface area (Å²) in [6.45, 7) is 12.1. The van der Waals surface area contributed by atoms with Crippen molar-refractivity contribution in [3.63, 3.8) is 0 Å². The number of hydrazone groups is 1. The van der Waals surface area contributed by atoms with Crippen LogP contribution < -0.4 is 15.3 Å². The summed E-state index contributed by atoms with van der Waals surface area (Å²) in [4.78, 5) is 2.43. The van der Waals surface area contributed by atoms with Crippen molar-refractivity contribution in [1.29, 1.82) is 0 Å². The Morgan fingerprint density at radius 1 is 0.783 bits per heavy atom. The minimum absolute atomic E-state index is 0.412. The molecular weight excluding hydrogens is 587 g/mol. The second kappa shape index (κ2) is 16.3. The molecule has 238 valence electrons. The zero-order valence-corrected chi connectivity index (χ0v) is 28.3. The Morgan fingerprint density at radius 2 is 1.37 bits per heavy atom. The van der Waals surface area contributed by atoms with Crippen LogP contribution >= 0.6 is 0 Å². The summed E-state index contributed by atoms with van der Waals surface area (Å²) in [6.07, 6.45) is 1.13. The van der Waals surface area contributed by atoms with Crippen molar-refractivity contribution in [2.24, 2.45) is 10.9 Å². The quantitative estimate of drug-likeness (QED) is 0.0599. The third kappa shape index (κ3) is 10.1. The van der Waals surface area contributed by atoms with Crippen molar-refractivity contribution < 1.29 is 14.2 Å². The van der Waals surface area contributed by atoms with E-state index in [0.29, 0.717) is 31.8 Å². The standard InChI is InChI=1S/C39H45N3O3Si/c1-46(2,3)24-10-15-35-26-36(37(41-40)25-31-16-18-32(19-17-31)28-42-20-22-43-23-21-42)39(45-30-34-13-8-5-9-14-34)27-38(35)44-29-33-11-6-4-7-12-33/h4-9,11-14,16-19,26-27H,15,20-23,25,28-30,40H2,1-3H3/b41-37+. The number of nitrogens with two attached hydrogens (primary N) is 1. The lowest BCUT2D eigenvalue weighted by molar-refractivity contribution is 0.0342. The Bertz CT molecular complexity index is 1630. The first kappa shape index (κ1) is 33.0. The monoisotopic (exact) mass is 631 g/mol. The van der Waals surface area contributed by atoms with E-state index in [1.165, 1.54) is 5.56 Å². The smallest absolute Gasteiger partial charge is 0.132 e. The fourth-order valence-electron chi connectivity index (χ4n) is 5.28. The highest BCUT2D eigenvalue weighted by Gasteiger charge is 2.19. The summed E-state index contributed by atoms with van der Waals surface area (Å²) in [5.41, 5.74) is 10.7. The number of morpholine rings is 1. The molecule has 1 fully saturated rings. The number of hydrogen-bond donors (Lipinski definition) is 1. The lowest BCUT2D eigenvalue weighted by Gasteiger charge is -2.26. The topological polar surface area (TPSA) is 69.3 Å². The summed E-state index contributed by atoms with van der Waals surface area (Å²) in [5.74, 6) is 11.0. The van der Waals surface area contributed by atoms with E-state index in [1.54, 1.807) is 0 Å². The maximum atomic E-state index is 6.49. The van der Waals surface area contributed by atoms with E-state index < -0.39 is 8.07 Å². The van der Waals surface area contributed by atoms with Gasteiger partial charge in [-0.05, 0) is 28.3 Å². The van der Waals surface area contributed by atoms with Gasteiger partial charge in [0.25, 0.3) is 0 Å². The maximum absolute atomic E-state index is 6.49. The van der Waals surface area contributed by atoms with Gasteiger partial charge in [0.15, 0.2) is 0 Å². The van der Waals surface area contributed by atoms with Gasteiger partial charge in [0.2, 0.25) is 0 Å². The lowest BCUT2D eigenvalue weighted by atomic mass is 9.97. The van der Waals surface area contributed by atoms with E-state index in [9.17, 15) is 0 Å². The van der Waals surface area contributed by atoms with Gasteiger partial charge in [0.1, 0.15) is 32.8 Å². The first-order valence-electron chi connectivity index (χ1n) is 16.0. The average molecular weight is 632 g/mol. The van der Waals surface area contributed by atoms with Gasteiger partial charge in [-0.1, -0.05) is 105 Å². The summed E-state index contributed by atoms with van der Waals surface area (Å²) >= 11 is 0. The first-order valence-corrected chi connectivity index (χ1v) is 19.5. The molecule has 0 aliphatic carbocycles. The van der Waals surface area contributed by atoms with E-state index in [2.05, 4.69) is 95.7 Å². The Labute approximate surface area is 275 Å². The normalized spacial score (nSPS) is 13.9. The van der Waals surface area contributed by atoms with Crippen LogP contribution in [0.15, 0.2) is 102 Å². The number of rotatable bonds is 12. The van der Waals surface area contributed by atoms with Crippen molar-refractivity contribution >= 4 is 13.8 Å². The molecule has 0 amide bonds. The van der Waals surface area contributed by atoms with Gasteiger partial charge < -0.3 is 20.1 Å². The van der Waals surface area contributed by atoms with Gasteiger partial charge in [0.05, 0.1) is 18.9 Å². The third-order valence-corrected chi connectivity index (χ3v) is 8.68. The van der Waals surface area contributed by atoms with Gasteiger partial charge in [-0.25, -0.2) is 0 Å². The molecule has 0 aromatic heterocycles. The largest absolute Gasteiger partial charge is 0.488 e. The highest BCUT2D eigenvalue weighted by Crippen LogP contribution is 2.32. The Balaban J connectivity index is 1.45. The van der Waals surface area contributed by atoms with Gasteiger partial charge in [-0.3, -0.25) is 4.90 Å². The molecule has 0 unspecified atom stereocenters.